The fourth-order valence-electron chi connectivity index (χ4n) is 3.96. The second-order valence-corrected chi connectivity index (χ2v) is 7.47. The Morgan fingerprint density at radius 1 is 1.20 bits per heavy atom. The number of ether oxygens (including phenoxy) is 1. The summed E-state index contributed by atoms with van der Waals surface area (Å²) in [4.78, 5) is 22.4. The van der Waals surface area contributed by atoms with E-state index in [2.05, 4.69) is 14.9 Å². The number of urea groups is 1. The molecule has 2 aliphatic rings. The average molecular weight is 425 g/mol. The first-order valence-electron chi connectivity index (χ1n) is 9.69. The first-order chi connectivity index (χ1) is 14.3. The topological polar surface area (TPSA) is 74.9 Å². The molecule has 11 heteroatoms. The third-order valence-electron chi connectivity index (χ3n) is 5.30. The van der Waals surface area contributed by atoms with Crippen LogP contribution >= 0.6 is 0 Å². The van der Waals surface area contributed by atoms with Crippen molar-refractivity contribution in [2.24, 2.45) is 0 Å². The maximum absolute atomic E-state index is 12.8. The average Bonchev–Trinajstić information content (AvgIpc) is 3.38. The van der Waals surface area contributed by atoms with E-state index >= 15 is 0 Å². The number of nitrogens with zero attached hydrogens (tertiary/aromatic N) is 5. The predicted molar refractivity (Wildman–Crippen MR) is 98.4 cm³/mol. The van der Waals surface area contributed by atoms with Crippen molar-refractivity contribution in [1.29, 1.82) is 0 Å². The molecule has 162 valence electrons. The molecule has 0 saturated carbocycles. The number of para-hydroxylation sites is 1. The summed E-state index contributed by atoms with van der Waals surface area (Å²) < 4.78 is 47.1. The molecule has 4 rings (SSSR count). The molecule has 0 spiro atoms. The third kappa shape index (κ3) is 4.66. The summed E-state index contributed by atoms with van der Waals surface area (Å²) in [6.45, 7) is 4.77. The van der Waals surface area contributed by atoms with Gasteiger partial charge in [-0.25, -0.2) is 4.79 Å². The van der Waals surface area contributed by atoms with Gasteiger partial charge in [0, 0.05) is 44.3 Å². The van der Waals surface area contributed by atoms with Gasteiger partial charge in [-0.15, -0.1) is 13.2 Å². The van der Waals surface area contributed by atoms with Crippen LogP contribution in [0.3, 0.4) is 0 Å². The maximum Gasteiger partial charge on any atom is 0.573 e. The molecule has 1 aromatic carbocycles. The van der Waals surface area contributed by atoms with Crippen molar-refractivity contribution in [3.05, 3.63) is 41.5 Å². The monoisotopic (exact) mass is 425 g/mol. The van der Waals surface area contributed by atoms with Crippen molar-refractivity contribution in [2.75, 3.05) is 26.2 Å². The van der Waals surface area contributed by atoms with Crippen LogP contribution in [-0.2, 0) is 13.1 Å². The molecule has 30 heavy (non-hydrogen) atoms. The fourth-order valence-corrected chi connectivity index (χ4v) is 3.96. The lowest BCUT2D eigenvalue weighted by Gasteiger charge is -2.25. The maximum atomic E-state index is 12.8. The van der Waals surface area contributed by atoms with Gasteiger partial charge < -0.3 is 19.1 Å². The van der Waals surface area contributed by atoms with Gasteiger partial charge in [-0.05, 0) is 19.4 Å². The Kier molecular flexibility index (Phi) is 5.54. The molecule has 8 nitrogen and oxygen atoms in total. The zero-order chi connectivity index (χ0) is 21.3. The number of aromatic nitrogens is 2. The molecule has 1 aromatic heterocycles. The van der Waals surface area contributed by atoms with Crippen LogP contribution in [0.25, 0.3) is 0 Å². The minimum absolute atomic E-state index is 0.0163. The first-order valence-corrected chi connectivity index (χ1v) is 9.69. The van der Waals surface area contributed by atoms with Gasteiger partial charge in [0.2, 0.25) is 5.89 Å². The van der Waals surface area contributed by atoms with Gasteiger partial charge >= 0.3 is 12.4 Å². The molecule has 2 amide bonds. The number of aryl methyl sites for hydroxylation is 1. The largest absolute Gasteiger partial charge is 0.573 e. The molecular formula is C19H22F3N5O3. The smallest absolute Gasteiger partial charge is 0.405 e. The molecule has 1 unspecified atom stereocenters. The van der Waals surface area contributed by atoms with Crippen LogP contribution in [0.4, 0.5) is 18.0 Å². The van der Waals surface area contributed by atoms with Crippen LogP contribution in [0, 0.1) is 6.92 Å². The summed E-state index contributed by atoms with van der Waals surface area (Å²) >= 11 is 0. The first kappa shape index (κ1) is 20.5. The van der Waals surface area contributed by atoms with Crippen LogP contribution in [0.1, 0.15) is 23.7 Å². The number of hydrogen-bond acceptors (Lipinski definition) is 6. The number of carbonyl (C=O) groups is 1. The fraction of sp³-hybridized carbons (Fsp3) is 0.526. The second kappa shape index (κ2) is 8.13. The van der Waals surface area contributed by atoms with Crippen molar-refractivity contribution in [2.45, 2.75) is 38.8 Å². The molecule has 2 aliphatic heterocycles. The highest BCUT2D eigenvalue weighted by molar-refractivity contribution is 5.76. The molecule has 0 N–H and O–H groups in total. The number of hydrogen-bond donors (Lipinski definition) is 0. The van der Waals surface area contributed by atoms with E-state index in [1.54, 1.807) is 24.0 Å². The molecular weight excluding hydrogens is 403 g/mol. The molecule has 2 saturated heterocycles. The second-order valence-electron chi connectivity index (χ2n) is 7.47. The number of benzene rings is 1. The van der Waals surface area contributed by atoms with Crippen LogP contribution in [-0.4, -0.2) is 69.5 Å². The minimum Gasteiger partial charge on any atom is -0.405 e. The number of likely N-dealkylation sites (tertiary alicyclic amines) is 1. The summed E-state index contributed by atoms with van der Waals surface area (Å²) in [5.41, 5.74) is 0.469. The van der Waals surface area contributed by atoms with Gasteiger partial charge in [-0.1, -0.05) is 23.4 Å². The van der Waals surface area contributed by atoms with Crippen molar-refractivity contribution in [3.63, 3.8) is 0 Å². The molecule has 2 fully saturated rings. The van der Waals surface area contributed by atoms with E-state index in [-0.39, 0.29) is 24.4 Å². The van der Waals surface area contributed by atoms with Crippen LogP contribution in [0.2, 0.25) is 0 Å². The molecule has 0 aliphatic carbocycles. The zero-order valence-electron chi connectivity index (χ0n) is 16.4. The summed E-state index contributed by atoms with van der Waals surface area (Å²) in [5, 5.41) is 3.73. The molecule has 2 aromatic rings. The highest BCUT2D eigenvalue weighted by Crippen LogP contribution is 2.29. The van der Waals surface area contributed by atoms with E-state index in [4.69, 9.17) is 4.52 Å². The standard InChI is InChI=1S/C19H22F3N5O3/c1-13-23-17(30-24-13)12-26-8-9-27(18(26)28)15-6-7-25(11-15)10-14-4-2-3-5-16(14)29-19(20,21)22/h2-5,15H,6-12H2,1H3. The van der Waals surface area contributed by atoms with Gasteiger partial charge in [-0.3, -0.25) is 4.90 Å². The predicted octanol–water partition coefficient (Wildman–Crippen LogP) is 2.79. The van der Waals surface area contributed by atoms with E-state index in [0.717, 1.165) is 6.42 Å². The lowest BCUT2D eigenvalue weighted by Crippen LogP contribution is -2.40. The Morgan fingerprint density at radius 3 is 2.73 bits per heavy atom. The van der Waals surface area contributed by atoms with Gasteiger partial charge in [0.05, 0.1) is 0 Å². The Morgan fingerprint density at radius 2 is 2.00 bits per heavy atom. The molecule has 1 atom stereocenters. The summed E-state index contributed by atoms with van der Waals surface area (Å²) in [7, 11) is 0. The Hall–Kier alpha value is -2.82. The summed E-state index contributed by atoms with van der Waals surface area (Å²) in [5.74, 6) is 0.735. The Labute approximate surface area is 171 Å². The number of alkyl halides is 3. The van der Waals surface area contributed by atoms with Crippen LogP contribution in [0.15, 0.2) is 28.8 Å². The van der Waals surface area contributed by atoms with Crippen molar-refractivity contribution >= 4 is 6.03 Å². The van der Waals surface area contributed by atoms with E-state index in [1.165, 1.54) is 12.1 Å². The lowest BCUT2D eigenvalue weighted by molar-refractivity contribution is -0.275. The normalized spacial score (nSPS) is 20.4. The van der Waals surface area contributed by atoms with E-state index in [9.17, 15) is 18.0 Å². The van der Waals surface area contributed by atoms with Crippen LogP contribution < -0.4 is 4.74 Å². The van der Waals surface area contributed by atoms with Crippen molar-refractivity contribution in [1.82, 2.24) is 24.8 Å². The SMILES string of the molecule is Cc1noc(CN2CCN(C3CCN(Cc4ccccc4OC(F)(F)F)C3)C2=O)n1. The summed E-state index contributed by atoms with van der Waals surface area (Å²) in [6, 6.07) is 6.08. The minimum atomic E-state index is -4.73. The van der Waals surface area contributed by atoms with Gasteiger partial charge in [0.15, 0.2) is 5.82 Å². The highest BCUT2D eigenvalue weighted by Gasteiger charge is 2.38. The van der Waals surface area contributed by atoms with E-state index in [0.29, 0.717) is 50.0 Å². The van der Waals surface area contributed by atoms with Gasteiger partial charge in [-0.2, -0.15) is 4.98 Å². The summed E-state index contributed by atoms with van der Waals surface area (Å²) in [6.07, 6.45) is -3.96. The van der Waals surface area contributed by atoms with E-state index < -0.39 is 6.36 Å². The third-order valence-corrected chi connectivity index (χ3v) is 5.30. The van der Waals surface area contributed by atoms with Crippen molar-refractivity contribution in [3.8, 4) is 5.75 Å². The molecule has 3 heterocycles. The highest BCUT2D eigenvalue weighted by atomic mass is 19.4. The van der Waals surface area contributed by atoms with E-state index in [1.807, 2.05) is 9.80 Å². The number of rotatable bonds is 6. The quantitative estimate of drug-likeness (QED) is 0.709. The van der Waals surface area contributed by atoms with Gasteiger partial charge in [0.25, 0.3) is 0 Å². The van der Waals surface area contributed by atoms with Crippen LogP contribution in [0.5, 0.6) is 5.75 Å². The molecule has 0 radical (unpaired) electrons. The number of halogens is 3. The van der Waals surface area contributed by atoms with Gasteiger partial charge in [0.1, 0.15) is 12.3 Å². The number of carbonyl (C=O) groups excluding carboxylic acids is 1. The van der Waals surface area contributed by atoms with Crippen molar-refractivity contribution < 1.29 is 27.2 Å². The Bertz CT molecular complexity index is 904. The lowest BCUT2D eigenvalue weighted by atomic mass is 10.2. The molecule has 0 bridgehead atoms. The zero-order valence-corrected chi connectivity index (χ0v) is 16.4. The number of amides is 2. The Balaban J connectivity index is 1.34.